The van der Waals surface area contributed by atoms with Crippen molar-refractivity contribution < 1.29 is 5.11 Å². The Morgan fingerprint density at radius 2 is 2.12 bits per heavy atom. The lowest BCUT2D eigenvalue weighted by Crippen LogP contribution is -2.04. The van der Waals surface area contributed by atoms with Crippen molar-refractivity contribution in [2.24, 2.45) is 5.92 Å². The molecule has 8 heavy (non-hydrogen) atoms. The van der Waals surface area contributed by atoms with Gasteiger partial charge in [-0.05, 0) is 12.3 Å². The highest BCUT2D eigenvalue weighted by Crippen LogP contribution is 2.02. The van der Waals surface area contributed by atoms with Gasteiger partial charge in [0.05, 0.1) is 0 Å². The summed E-state index contributed by atoms with van der Waals surface area (Å²) in [6.07, 6.45) is 4.66. The summed E-state index contributed by atoms with van der Waals surface area (Å²) in [5.74, 6) is 2.57. The van der Waals surface area contributed by atoms with E-state index in [1.807, 2.05) is 13.8 Å². The van der Waals surface area contributed by atoms with Gasteiger partial charge in [0, 0.05) is 0 Å². The van der Waals surface area contributed by atoms with Crippen LogP contribution in [0.15, 0.2) is 0 Å². The minimum absolute atomic E-state index is 0.425. The fourth-order valence-electron chi connectivity index (χ4n) is 0.496. The van der Waals surface area contributed by atoms with Crippen LogP contribution in [0.2, 0.25) is 0 Å². The van der Waals surface area contributed by atoms with E-state index in [9.17, 15) is 5.11 Å². The zero-order valence-corrected chi connectivity index (χ0v) is 5.35. The Kier molecular flexibility index (Phi) is 3.30. The largest absolute Gasteiger partial charge is 0.219 e. The highest BCUT2D eigenvalue weighted by atomic mass is 16.3. The highest BCUT2D eigenvalue weighted by Gasteiger charge is 2.02. The molecule has 1 atom stereocenters. The zero-order chi connectivity index (χ0) is 6.57. The summed E-state index contributed by atoms with van der Waals surface area (Å²) in [5, 5.41) is 10.5. The first-order valence-corrected chi connectivity index (χ1v) is 2.78. The predicted molar refractivity (Wildman–Crippen MR) is 32.8 cm³/mol. The number of terminal acetylenes is 1. The number of rotatable bonds is 2. The third-order valence-electron chi connectivity index (χ3n) is 0.871. The molecule has 0 aromatic heterocycles. The van der Waals surface area contributed by atoms with Crippen LogP contribution in [-0.4, -0.2) is 6.10 Å². The molecule has 45 valence electrons. The Bertz CT molecular complexity index is 89.1. The summed E-state index contributed by atoms with van der Waals surface area (Å²) in [7, 11) is 0. The van der Waals surface area contributed by atoms with Crippen molar-refractivity contribution >= 4 is 0 Å². The molecule has 1 unspecified atom stereocenters. The van der Waals surface area contributed by atoms with E-state index < -0.39 is 6.10 Å². The van der Waals surface area contributed by atoms with Gasteiger partial charge < -0.3 is 0 Å². The van der Waals surface area contributed by atoms with Crippen molar-refractivity contribution in [3.05, 3.63) is 0 Å². The summed E-state index contributed by atoms with van der Waals surface area (Å²) in [6.45, 7) is 3.98. The number of hydrogen-bond acceptors (Lipinski definition) is 0. The van der Waals surface area contributed by atoms with Crippen LogP contribution in [0.5, 0.6) is 0 Å². The Balaban J connectivity index is 3.28. The average molecular weight is 111 g/mol. The van der Waals surface area contributed by atoms with Crippen molar-refractivity contribution in [2.75, 3.05) is 0 Å². The SMILES string of the molecule is C#CC([O])CC(C)C. The van der Waals surface area contributed by atoms with Crippen LogP contribution in [0.25, 0.3) is 0 Å². The molecule has 0 aromatic rings. The predicted octanol–water partition coefficient (Wildman–Crippen LogP) is 1.46. The molecule has 0 aliphatic carbocycles. The molecule has 0 saturated carbocycles. The summed E-state index contributed by atoms with van der Waals surface area (Å²) < 4.78 is 0. The fraction of sp³-hybridized carbons (Fsp3) is 0.714. The Labute approximate surface area is 50.7 Å². The minimum Gasteiger partial charge on any atom is -0.219 e. The maximum atomic E-state index is 10.5. The average Bonchev–Trinajstić information content (AvgIpc) is 1.65. The molecule has 0 aliphatic rings. The first-order valence-electron chi connectivity index (χ1n) is 2.78. The zero-order valence-electron chi connectivity index (χ0n) is 5.35. The second-order valence-electron chi connectivity index (χ2n) is 2.28. The van der Waals surface area contributed by atoms with Gasteiger partial charge in [0.1, 0.15) is 0 Å². The summed E-state index contributed by atoms with van der Waals surface area (Å²) in [5.41, 5.74) is 0. The van der Waals surface area contributed by atoms with Crippen LogP contribution in [0.4, 0.5) is 0 Å². The van der Waals surface area contributed by atoms with Gasteiger partial charge in [0.25, 0.3) is 0 Å². The standard InChI is InChI=1S/C7H11O/c1-4-7(8)5-6(2)3/h1,6-7H,5H2,2-3H3. The fourth-order valence-corrected chi connectivity index (χ4v) is 0.496. The third kappa shape index (κ3) is 3.70. The summed E-state index contributed by atoms with van der Waals surface area (Å²) in [6, 6.07) is 0. The normalized spacial score (nSPS) is 13.4. The molecule has 0 aliphatic heterocycles. The van der Waals surface area contributed by atoms with E-state index in [-0.39, 0.29) is 0 Å². The lowest BCUT2D eigenvalue weighted by molar-refractivity contribution is 0.118. The van der Waals surface area contributed by atoms with Gasteiger partial charge in [-0.2, -0.15) is 0 Å². The van der Waals surface area contributed by atoms with E-state index in [0.29, 0.717) is 12.3 Å². The van der Waals surface area contributed by atoms with Crippen LogP contribution in [0.1, 0.15) is 20.3 Å². The van der Waals surface area contributed by atoms with Gasteiger partial charge in [0.2, 0.25) is 0 Å². The minimum atomic E-state index is -0.796. The van der Waals surface area contributed by atoms with Crippen molar-refractivity contribution in [2.45, 2.75) is 26.4 Å². The van der Waals surface area contributed by atoms with Crippen molar-refractivity contribution in [3.8, 4) is 12.3 Å². The van der Waals surface area contributed by atoms with Gasteiger partial charge >= 0.3 is 0 Å². The van der Waals surface area contributed by atoms with Crippen LogP contribution in [0.3, 0.4) is 0 Å². The quantitative estimate of drug-likeness (QED) is 0.481. The molecular weight excluding hydrogens is 100 g/mol. The maximum absolute atomic E-state index is 10.5. The Morgan fingerprint density at radius 1 is 1.62 bits per heavy atom. The molecule has 0 N–H and O–H groups in total. The van der Waals surface area contributed by atoms with Gasteiger partial charge in [-0.25, -0.2) is 5.11 Å². The molecule has 0 amide bonds. The molecule has 0 saturated heterocycles. The van der Waals surface area contributed by atoms with Crippen LogP contribution >= 0.6 is 0 Å². The number of hydrogen-bond donors (Lipinski definition) is 0. The lowest BCUT2D eigenvalue weighted by Gasteiger charge is -2.02. The first-order chi connectivity index (χ1) is 3.66. The molecule has 0 spiro atoms. The van der Waals surface area contributed by atoms with Crippen molar-refractivity contribution in [1.82, 2.24) is 0 Å². The van der Waals surface area contributed by atoms with Gasteiger partial charge in [-0.3, -0.25) is 0 Å². The Morgan fingerprint density at radius 3 is 2.25 bits per heavy atom. The van der Waals surface area contributed by atoms with E-state index in [4.69, 9.17) is 6.42 Å². The van der Waals surface area contributed by atoms with E-state index in [2.05, 4.69) is 5.92 Å². The summed E-state index contributed by atoms with van der Waals surface area (Å²) >= 11 is 0. The topological polar surface area (TPSA) is 19.9 Å². The molecule has 0 aromatic carbocycles. The third-order valence-corrected chi connectivity index (χ3v) is 0.871. The molecule has 0 bridgehead atoms. The van der Waals surface area contributed by atoms with Crippen LogP contribution < -0.4 is 0 Å². The van der Waals surface area contributed by atoms with Crippen molar-refractivity contribution in [3.63, 3.8) is 0 Å². The van der Waals surface area contributed by atoms with E-state index in [1.54, 1.807) is 0 Å². The molecule has 1 radical (unpaired) electrons. The van der Waals surface area contributed by atoms with E-state index >= 15 is 0 Å². The van der Waals surface area contributed by atoms with Gasteiger partial charge in [0.15, 0.2) is 6.10 Å². The van der Waals surface area contributed by atoms with Gasteiger partial charge in [-0.15, -0.1) is 6.42 Å². The summed E-state index contributed by atoms with van der Waals surface area (Å²) in [4.78, 5) is 0. The lowest BCUT2D eigenvalue weighted by atomic mass is 10.1. The van der Waals surface area contributed by atoms with Gasteiger partial charge in [-0.1, -0.05) is 19.8 Å². The molecule has 1 heteroatoms. The van der Waals surface area contributed by atoms with Crippen LogP contribution in [-0.2, 0) is 5.11 Å². The monoisotopic (exact) mass is 111 g/mol. The smallest absolute Gasteiger partial charge is 0.153 e. The van der Waals surface area contributed by atoms with Crippen molar-refractivity contribution in [1.29, 1.82) is 0 Å². The molecule has 0 rings (SSSR count). The molecule has 1 nitrogen and oxygen atoms in total. The highest BCUT2D eigenvalue weighted by molar-refractivity contribution is 4.92. The molecule has 0 fully saturated rings. The Hall–Kier alpha value is -0.480. The molecule has 0 heterocycles. The van der Waals surface area contributed by atoms with E-state index in [1.165, 1.54) is 0 Å². The second kappa shape index (κ2) is 3.51. The second-order valence-corrected chi connectivity index (χ2v) is 2.28. The molecular formula is C7H11O. The van der Waals surface area contributed by atoms with E-state index in [0.717, 1.165) is 0 Å². The maximum Gasteiger partial charge on any atom is 0.153 e. The first kappa shape index (κ1) is 7.52. The van der Waals surface area contributed by atoms with Crippen LogP contribution in [0, 0.1) is 18.3 Å².